The molecular formula is C28H32F4N4OS. The van der Waals surface area contributed by atoms with Crippen LogP contribution in [0.4, 0.5) is 28.9 Å². The topological polar surface area (TPSA) is 41.5 Å². The van der Waals surface area contributed by atoms with E-state index >= 15 is 0 Å². The van der Waals surface area contributed by atoms with Crippen LogP contribution >= 0.6 is 11.8 Å². The van der Waals surface area contributed by atoms with E-state index in [0.717, 1.165) is 48.4 Å². The van der Waals surface area contributed by atoms with Crippen LogP contribution in [-0.4, -0.2) is 61.0 Å². The average molecular weight is 549 g/mol. The molecule has 2 N–H and O–H groups in total. The Bertz CT molecular complexity index is 1290. The summed E-state index contributed by atoms with van der Waals surface area (Å²) in [6.45, 7) is 3.22. The number of ether oxygens (including phenoxy) is 1. The second-order valence-corrected chi connectivity index (χ2v) is 9.97. The molecule has 1 aliphatic heterocycles. The predicted molar refractivity (Wildman–Crippen MR) is 147 cm³/mol. The lowest BCUT2D eigenvalue weighted by Crippen LogP contribution is -2.38. The van der Waals surface area contributed by atoms with Gasteiger partial charge in [-0.3, -0.25) is 0 Å². The molecule has 2 aromatic carbocycles. The number of hydrogen-bond donors (Lipinski definition) is 2. The normalized spacial score (nSPS) is 14.8. The molecule has 0 unspecified atom stereocenters. The molecule has 38 heavy (non-hydrogen) atoms. The Labute approximate surface area is 224 Å². The van der Waals surface area contributed by atoms with Crippen molar-refractivity contribution in [2.75, 3.05) is 49.9 Å². The Morgan fingerprint density at radius 3 is 2.58 bits per heavy atom. The number of alkyl halides is 4. The molecule has 2 heterocycles. The maximum atomic E-state index is 13.5. The highest BCUT2D eigenvalue weighted by Gasteiger charge is 2.30. The SMILES string of the molecule is CCN1CCC(Nc2cccc3c2cc(C#CCNc2ccc(SC)cc2OCF)n3CC(F)(F)F)CC1. The molecule has 10 heteroatoms. The van der Waals surface area contributed by atoms with Crippen molar-refractivity contribution in [3.05, 3.63) is 48.2 Å². The van der Waals surface area contributed by atoms with E-state index in [4.69, 9.17) is 4.74 Å². The lowest BCUT2D eigenvalue weighted by atomic mass is 10.0. The fourth-order valence-electron chi connectivity index (χ4n) is 4.71. The predicted octanol–water partition coefficient (Wildman–Crippen LogP) is 6.59. The molecule has 3 aromatic rings. The van der Waals surface area contributed by atoms with Crippen molar-refractivity contribution < 1.29 is 22.3 Å². The van der Waals surface area contributed by atoms with Gasteiger partial charge in [-0.2, -0.15) is 13.2 Å². The average Bonchev–Trinajstić information content (AvgIpc) is 3.24. The molecule has 4 rings (SSSR count). The van der Waals surface area contributed by atoms with E-state index in [-0.39, 0.29) is 18.3 Å². The zero-order chi connectivity index (χ0) is 27.1. The number of nitrogens with zero attached hydrogens (tertiary/aromatic N) is 2. The minimum atomic E-state index is -4.39. The number of thioether (sulfide) groups is 1. The number of halogens is 4. The van der Waals surface area contributed by atoms with Crippen LogP contribution in [0.25, 0.3) is 10.9 Å². The molecule has 1 saturated heterocycles. The number of rotatable bonds is 9. The second-order valence-electron chi connectivity index (χ2n) is 9.09. The van der Waals surface area contributed by atoms with Crippen molar-refractivity contribution in [3.8, 4) is 17.6 Å². The molecular weight excluding hydrogens is 516 g/mol. The maximum absolute atomic E-state index is 13.5. The molecule has 0 bridgehead atoms. The summed E-state index contributed by atoms with van der Waals surface area (Å²) in [6.07, 6.45) is -0.520. The minimum Gasteiger partial charge on any atom is -0.461 e. The van der Waals surface area contributed by atoms with Gasteiger partial charge < -0.3 is 24.8 Å². The summed E-state index contributed by atoms with van der Waals surface area (Å²) in [5.74, 6) is 6.18. The number of benzene rings is 2. The number of nitrogens with one attached hydrogen (secondary N) is 2. The van der Waals surface area contributed by atoms with Crippen molar-refractivity contribution in [3.63, 3.8) is 0 Å². The Hall–Kier alpha value is -3.03. The van der Waals surface area contributed by atoms with Gasteiger partial charge >= 0.3 is 6.18 Å². The van der Waals surface area contributed by atoms with Crippen LogP contribution in [0, 0.1) is 11.8 Å². The van der Waals surface area contributed by atoms with Crippen LogP contribution in [0.3, 0.4) is 0 Å². The minimum absolute atomic E-state index is 0.149. The summed E-state index contributed by atoms with van der Waals surface area (Å²) < 4.78 is 59.6. The summed E-state index contributed by atoms with van der Waals surface area (Å²) in [6, 6.07) is 12.7. The van der Waals surface area contributed by atoms with Gasteiger partial charge in [0.05, 0.1) is 23.4 Å². The molecule has 0 radical (unpaired) electrons. The maximum Gasteiger partial charge on any atom is 0.406 e. The summed E-state index contributed by atoms with van der Waals surface area (Å²) in [7, 11) is 0. The van der Waals surface area contributed by atoms with Crippen molar-refractivity contribution in [2.45, 2.75) is 43.4 Å². The first-order valence-corrected chi connectivity index (χ1v) is 13.8. The first-order valence-electron chi connectivity index (χ1n) is 12.6. The highest BCUT2D eigenvalue weighted by Crippen LogP contribution is 2.32. The van der Waals surface area contributed by atoms with Crippen LogP contribution in [-0.2, 0) is 6.54 Å². The van der Waals surface area contributed by atoms with Crippen LogP contribution in [0.5, 0.6) is 5.75 Å². The van der Waals surface area contributed by atoms with Gasteiger partial charge in [-0.15, -0.1) is 11.8 Å². The van der Waals surface area contributed by atoms with Gasteiger partial charge in [0.2, 0.25) is 6.86 Å². The highest BCUT2D eigenvalue weighted by molar-refractivity contribution is 7.98. The third-order valence-electron chi connectivity index (χ3n) is 6.66. The van der Waals surface area contributed by atoms with E-state index in [9.17, 15) is 17.6 Å². The fraction of sp³-hybridized carbons (Fsp3) is 0.429. The van der Waals surface area contributed by atoms with Gasteiger partial charge in [-0.1, -0.05) is 18.9 Å². The molecule has 1 fully saturated rings. The van der Waals surface area contributed by atoms with Gasteiger partial charge in [0.15, 0.2) is 0 Å². The third kappa shape index (κ3) is 7.08. The summed E-state index contributed by atoms with van der Waals surface area (Å²) in [5.41, 5.74) is 2.15. The molecule has 1 aromatic heterocycles. The largest absolute Gasteiger partial charge is 0.461 e. The standard InChI is InChI=1S/C28H32F4N4OS/c1-3-35-14-11-20(12-15-35)34-24-7-4-8-26-23(24)16-21(36(26)18-28(30,31)32)6-5-13-33-25-10-9-22(38-2)17-27(25)37-19-29/h4,7-10,16-17,20,33-34H,3,11-15,18-19H2,1-2H3. The molecule has 0 spiro atoms. The zero-order valence-electron chi connectivity index (χ0n) is 21.5. The van der Waals surface area contributed by atoms with E-state index < -0.39 is 19.6 Å². The summed E-state index contributed by atoms with van der Waals surface area (Å²) in [4.78, 5) is 3.31. The number of fused-ring (bicyclic) bond motifs is 1. The number of likely N-dealkylation sites (tertiary alicyclic amines) is 1. The lowest BCUT2D eigenvalue weighted by Gasteiger charge is -2.32. The zero-order valence-corrected chi connectivity index (χ0v) is 22.3. The van der Waals surface area contributed by atoms with Crippen molar-refractivity contribution in [2.24, 2.45) is 0 Å². The number of aromatic nitrogens is 1. The first kappa shape index (κ1) is 28.0. The van der Waals surface area contributed by atoms with Gasteiger partial charge in [-0.05, 0) is 68.0 Å². The smallest absolute Gasteiger partial charge is 0.406 e. The van der Waals surface area contributed by atoms with Gasteiger partial charge in [0.1, 0.15) is 12.3 Å². The van der Waals surface area contributed by atoms with E-state index in [0.29, 0.717) is 17.0 Å². The number of hydrogen-bond acceptors (Lipinski definition) is 5. The Balaban J connectivity index is 1.57. The Morgan fingerprint density at radius 2 is 1.89 bits per heavy atom. The van der Waals surface area contributed by atoms with Crippen LogP contribution in [0.2, 0.25) is 0 Å². The molecule has 5 nitrogen and oxygen atoms in total. The van der Waals surface area contributed by atoms with E-state index in [2.05, 4.69) is 34.3 Å². The van der Waals surface area contributed by atoms with E-state index in [1.54, 1.807) is 30.3 Å². The number of piperidine rings is 1. The highest BCUT2D eigenvalue weighted by atomic mass is 32.2. The molecule has 1 aliphatic rings. The third-order valence-corrected chi connectivity index (χ3v) is 7.39. The van der Waals surface area contributed by atoms with Crippen LogP contribution < -0.4 is 15.4 Å². The van der Waals surface area contributed by atoms with Crippen LogP contribution in [0.15, 0.2) is 47.4 Å². The Kier molecular flexibility index (Phi) is 9.34. The Morgan fingerprint density at radius 1 is 1.11 bits per heavy atom. The van der Waals surface area contributed by atoms with Crippen molar-refractivity contribution >= 4 is 34.0 Å². The van der Waals surface area contributed by atoms with E-state index in [1.165, 1.54) is 16.3 Å². The summed E-state index contributed by atoms with van der Waals surface area (Å²) in [5, 5.41) is 7.35. The quantitative estimate of drug-likeness (QED) is 0.179. The monoisotopic (exact) mass is 548 g/mol. The second kappa shape index (κ2) is 12.7. The fourth-order valence-corrected chi connectivity index (χ4v) is 5.13. The molecule has 204 valence electrons. The van der Waals surface area contributed by atoms with Crippen molar-refractivity contribution in [1.82, 2.24) is 9.47 Å². The van der Waals surface area contributed by atoms with Crippen molar-refractivity contribution in [1.29, 1.82) is 0 Å². The van der Waals surface area contributed by atoms with Gasteiger partial charge in [-0.25, -0.2) is 4.39 Å². The number of anilines is 2. The van der Waals surface area contributed by atoms with Gasteiger partial charge in [0, 0.05) is 35.1 Å². The van der Waals surface area contributed by atoms with Crippen LogP contribution in [0.1, 0.15) is 25.5 Å². The first-order chi connectivity index (χ1) is 18.3. The van der Waals surface area contributed by atoms with Gasteiger partial charge in [0.25, 0.3) is 0 Å². The molecule has 0 aliphatic carbocycles. The lowest BCUT2D eigenvalue weighted by molar-refractivity contribution is -0.140. The summed E-state index contributed by atoms with van der Waals surface area (Å²) >= 11 is 1.50. The van der Waals surface area contributed by atoms with E-state index in [1.807, 2.05) is 18.4 Å². The molecule has 0 atom stereocenters. The molecule has 0 saturated carbocycles. The molecule has 0 amide bonds.